The number of carbonyl (C=O) groups excluding carboxylic acids is 3. The van der Waals surface area contributed by atoms with Crippen LogP contribution in [-0.2, 0) is 16.0 Å². The molecule has 1 aliphatic carbocycles. The van der Waals surface area contributed by atoms with E-state index < -0.39 is 11.6 Å². The second-order valence-electron chi connectivity index (χ2n) is 7.79. The van der Waals surface area contributed by atoms with Crippen LogP contribution in [0.4, 0.5) is 4.79 Å². The van der Waals surface area contributed by atoms with Crippen molar-refractivity contribution in [3.8, 4) is 0 Å². The van der Waals surface area contributed by atoms with E-state index in [9.17, 15) is 14.4 Å². The fraction of sp³-hybridized carbons (Fsp3) is 0.550. The minimum atomic E-state index is -0.838. The summed E-state index contributed by atoms with van der Waals surface area (Å²) >= 11 is 0. The van der Waals surface area contributed by atoms with Gasteiger partial charge < -0.3 is 10.6 Å². The molecular weight excluding hydrogens is 330 g/mol. The molecule has 1 aromatic carbocycles. The minimum absolute atomic E-state index is 0.195. The quantitative estimate of drug-likeness (QED) is 0.734. The Morgan fingerprint density at radius 1 is 1.27 bits per heavy atom. The summed E-state index contributed by atoms with van der Waals surface area (Å²) in [4.78, 5) is 37.7. The van der Waals surface area contributed by atoms with Crippen LogP contribution >= 0.6 is 0 Å². The fourth-order valence-corrected chi connectivity index (χ4v) is 3.41. The zero-order valence-electron chi connectivity index (χ0n) is 15.7. The average molecular weight is 357 g/mol. The monoisotopic (exact) mass is 357 g/mol. The first-order chi connectivity index (χ1) is 12.3. The lowest BCUT2D eigenvalue weighted by molar-refractivity contribution is -0.135. The molecule has 0 bridgehead atoms. The van der Waals surface area contributed by atoms with Crippen LogP contribution in [0, 0.1) is 5.92 Å². The van der Waals surface area contributed by atoms with Crippen molar-refractivity contribution < 1.29 is 14.4 Å². The zero-order valence-corrected chi connectivity index (χ0v) is 15.7. The van der Waals surface area contributed by atoms with Crippen LogP contribution in [0.25, 0.3) is 0 Å². The highest BCUT2D eigenvalue weighted by Gasteiger charge is 2.56. The fourth-order valence-electron chi connectivity index (χ4n) is 3.41. The van der Waals surface area contributed by atoms with Gasteiger partial charge in [0.25, 0.3) is 5.91 Å². The number of carbonyl (C=O) groups is 3. The van der Waals surface area contributed by atoms with Gasteiger partial charge in [-0.1, -0.05) is 38.1 Å². The van der Waals surface area contributed by atoms with Gasteiger partial charge in [0.2, 0.25) is 5.91 Å². The van der Waals surface area contributed by atoms with Gasteiger partial charge in [0.15, 0.2) is 0 Å². The standard InChI is InChI=1S/C20H27N3O3/c1-13(2)15-6-4-14(5-7-15)10-11-21-17(24)12-23-18(25)20(3,16-8-9-16)22-19(23)26/h4-7,13,16H,8-12H2,1-3H3,(H,21,24)(H,22,26)/t20-/m0/s1. The molecule has 1 aliphatic heterocycles. The molecule has 1 atom stereocenters. The molecule has 3 rings (SSSR count). The largest absolute Gasteiger partial charge is 0.354 e. The maximum Gasteiger partial charge on any atom is 0.325 e. The molecule has 0 aromatic heterocycles. The summed E-state index contributed by atoms with van der Waals surface area (Å²) in [6.45, 7) is 6.31. The normalized spacial score (nSPS) is 22.7. The molecule has 6 heteroatoms. The molecule has 0 spiro atoms. The van der Waals surface area contributed by atoms with E-state index in [1.165, 1.54) is 5.56 Å². The third kappa shape index (κ3) is 3.74. The van der Waals surface area contributed by atoms with Crippen LogP contribution in [0.5, 0.6) is 0 Å². The Labute approximate surface area is 154 Å². The molecule has 1 aromatic rings. The molecule has 1 heterocycles. The Morgan fingerprint density at radius 3 is 2.50 bits per heavy atom. The number of hydrogen-bond acceptors (Lipinski definition) is 3. The highest BCUT2D eigenvalue weighted by molar-refractivity contribution is 6.09. The van der Waals surface area contributed by atoms with E-state index in [1.54, 1.807) is 6.92 Å². The van der Waals surface area contributed by atoms with Crippen molar-refractivity contribution in [1.82, 2.24) is 15.5 Å². The number of rotatable bonds is 7. The van der Waals surface area contributed by atoms with E-state index in [-0.39, 0.29) is 24.3 Å². The van der Waals surface area contributed by atoms with E-state index in [4.69, 9.17) is 0 Å². The topological polar surface area (TPSA) is 78.5 Å². The third-order valence-corrected chi connectivity index (χ3v) is 5.38. The molecule has 2 aliphatic rings. The maximum atomic E-state index is 12.5. The first kappa shape index (κ1) is 18.4. The number of urea groups is 1. The zero-order chi connectivity index (χ0) is 18.9. The number of amides is 4. The Balaban J connectivity index is 1.47. The highest BCUT2D eigenvalue weighted by Crippen LogP contribution is 2.42. The van der Waals surface area contributed by atoms with Crippen molar-refractivity contribution in [2.24, 2.45) is 5.92 Å². The summed E-state index contributed by atoms with van der Waals surface area (Å²) in [5, 5.41) is 5.55. The van der Waals surface area contributed by atoms with Crippen LogP contribution < -0.4 is 10.6 Å². The van der Waals surface area contributed by atoms with E-state index in [1.807, 2.05) is 0 Å². The van der Waals surface area contributed by atoms with Crippen molar-refractivity contribution in [3.63, 3.8) is 0 Å². The molecule has 0 radical (unpaired) electrons. The van der Waals surface area contributed by atoms with E-state index in [0.29, 0.717) is 18.9 Å². The lowest BCUT2D eigenvalue weighted by atomic mass is 9.96. The number of nitrogens with one attached hydrogen (secondary N) is 2. The van der Waals surface area contributed by atoms with Gasteiger partial charge in [-0.2, -0.15) is 0 Å². The lowest BCUT2D eigenvalue weighted by Crippen LogP contribution is -2.47. The Morgan fingerprint density at radius 2 is 1.92 bits per heavy atom. The Bertz CT molecular complexity index is 710. The van der Waals surface area contributed by atoms with E-state index >= 15 is 0 Å². The second kappa shape index (κ2) is 7.09. The van der Waals surface area contributed by atoms with Crippen molar-refractivity contribution in [2.75, 3.05) is 13.1 Å². The lowest BCUT2D eigenvalue weighted by Gasteiger charge is -2.20. The number of benzene rings is 1. The first-order valence-corrected chi connectivity index (χ1v) is 9.31. The van der Waals surface area contributed by atoms with Gasteiger partial charge in [-0.05, 0) is 49.1 Å². The van der Waals surface area contributed by atoms with E-state index in [2.05, 4.69) is 48.7 Å². The molecule has 2 fully saturated rings. The summed E-state index contributed by atoms with van der Waals surface area (Å²) in [5.41, 5.74) is 1.59. The molecule has 2 N–H and O–H groups in total. The SMILES string of the molecule is CC(C)c1ccc(CCNC(=O)CN2C(=O)N[C@@](C)(C3CC3)C2=O)cc1. The van der Waals surface area contributed by atoms with Crippen molar-refractivity contribution in [1.29, 1.82) is 0 Å². The van der Waals surface area contributed by atoms with Crippen LogP contribution in [0.1, 0.15) is 50.7 Å². The smallest absolute Gasteiger partial charge is 0.325 e. The summed E-state index contributed by atoms with van der Waals surface area (Å²) in [7, 11) is 0. The molecule has 6 nitrogen and oxygen atoms in total. The molecule has 4 amide bonds. The van der Waals surface area contributed by atoms with Crippen molar-refractivity contribution in [2.45, 2.75) is 51.5 Å². The minimum Gasteiger partial charge on any atom is -0.354 e. The van der Waals surface area contributed by atoms with Gasteiger partial charge in [0.05, 0.1) is 0 Å². The number of nitrogens with zero attached hydrogens (tertiary/aromatic N) is 1. The molecule has 26 heavy (non-hydrogen) atoms. The number of hydrogen-bond donors (Lipinski definition) is 2. The molecule has 1 saturated carbocycles. The summed E-state index contributed by atoms with van der Waals surface area (Å²) < 4.78 is 0. The van der Waals surface area contributed by atoms with Gasteiger partial charge >= 0.3 is 6.03 Å². The number of imide groups is 1. The predicted octanol–water partition coefficient (Wildman–Crippen LogP) is 2.19. The highest BCUT2D eigenvalue weighted by atomic mass is 16.2. The van der Waals surface area contributed by atoms with Gasteiger partial charge in [0, 0.05) is 6.54 Å². The Hall–Kier alpha value is -2.37. The van der Waals surface area contributed by atoms with Crippen LogP contribution in [-0.4, -0.2) is 41.4 Å². The van der Waals surface area contributed by atoms with Crippen LogP contribution in [0.2, 0.25) is 0 Å². The molecule has 140 valence electrons. The summed E-state index contributed by atoms with van der Waals surface area (Å²) in [6, 6.07) is 7.88. The van der Waals surface area contributed by atoms with Crippen molar-refractivity contribution in [3.05, 3.63) is 35.4 Å². The molecular formula is C20H27N3O3. The van der Waals surface area contributed by atoms with Gasteiger partial charge in [-0.25, -0.2) is 4.79 Å². The maximum absolute atomic E-state index is 12.5. The van der Waals surface area contributed by atoms with E-state index in [0.717, 1.165) is 23.3 Å². The third-order valence-electron chi connectivity index (χ3n) is 5.38. The van der Waals surface area contributed by atoms with Crippen LogP contribution in [0.3, 0.4) is 0 Å². The predicted molar refractivity (Wildman–Crippen MR) is 98.6 cm³/mol. The molecule has 0 unspecified atom stereocenters. The van der Waals surface area contributed by atoms with Crippen LogP contribution in [0.15, 0.2) is 24.3 Å². The van der Waals surface area contributed by atoms with Gasteiger partial charge in [-0.3, -0.25) is 14.5 Å². The second-order valence-corrected chi connectivity index (χ2v) is 7.79. The Kier molecular flexibility index (Phi) is 5.03. The first-order valence-electron chi connectivity index (χ1n) is 9.31. The van der Waals surface area contributed by atoms with Gasteiger partial charge in [-0.15, -0.1) is 0 Å². The average Bonchev–Trinajstić information content (AvgIpc) is 3.42. The summed E-state index contributed by atoms with van der Waals surface area (Å²) in [5.74, 6) is 0.0896. The summed E-state index contributed by atoms with van der Waals surface area (Å²) in [6.07, 6.45) is 2.60. The van der Waals surface area contributed by atoms with Gasteiger partial charge in [0.1, 0.15) is 12.1 Å². The molecule has 1 saturated heterocycles. The van der Waals surface area contributed by atoms with Crippen molar-refractivity contribution >= 4 is 17.8 Å².